The van der Waals surface area contributed by atoms with E-state index in [9.17, 15) is 4.79 Å². The normalized spacial score (nSPS) is 12.0. The summed E-state index contributed by atoms with van der Waals surface area (Å²) in [7, 11) is 0. The molecule has 1 aromatic heterocycles. The van der Waals surface area contributed by atoms with E-state index in [1.54, 1.807) is 11.8 Å². The quantitative estimate of drug-likeness (QED) is 0.400. The molecule has 0 aliphatic carbocycles. The number of rotatable bonds is 9. The third-order valence-corrected chi connectivity index (χ3v) is 7.49. The fraction of sp³-hybridized carbons (Fsp3) is 0.375. The van der Waals surface area contributed by atoms with Crippen molar-refractivity contribution >= 4 is 35.1 Å². The van der Waals surface area contributed by atoms with Gasteiger partial charge in [0.1, 0.15) is 5.82 Å². The third-order valence-electron chi connectivity index (χ3n) is 5.14. The zero-order chi connectivity index (χ0) is 22.4. The summed E-state index contributed by atoms with van der Waals surface area (Å²) in [5.41, 5.74) is 4.30. The van der Waals surface area contributed by atoms with E-state index in [4.69, 9.17) is 0 Å². The Morgan fingerprint density at radius 1 is 1.03 bits per heavy atom. The number of hydrogen-bond donors (Lipinski definition) is 1. The Morgan fingerprint density at radius 2 is 1.71 bits per heavy atom. The molecule has 0 fully saturated rings. The summed E-state index contributed by atoms with van der Waals surface area (Å²) in [6.07, 6.45) is 0.714. The first-order chi connectivity index (χ1) is 14.9. The average Bonchev–Trinajstić information content (AvgIpc) is 3.15. The number of aromatic nitrogens is 3. The van der Waals surface area contributed by atoms with Crippen LogP contribution < -0.4 is 5.32 Å². The second-order valence-corrected chi connectivity index (χ2v) is 9.73. The number of anilines is 1. The number of nitrogens with zero attached hydrogens (tertiary/aromatic N) is 3. The molecule has 31 heavy (non-hydrogen) atoms. The summed E-state index contributed by atoms with van der Waals surface area (Å²) in [5, 5.41) is 12.5. The van der Waals surface area contributed by atoms with E-state index in [-0.39, 0.29) is 11.2 Å². The lowest BCUT2D eigenvalue weighted by Crippen LogP contribution is -2.26. The second kappa shape index (κ2) is 10.9. The summed E-state index contributed by atoms with van der Waals surface area (Å²) in [5.74, 6) is 1.68. The van der Waals surface area contributed by atoms with Crippen LogP contribution >= 0.6 is 23.5 Å². The van der Waals surface area contributed by atoms with Crippen LogP contribution in [0.1, 0.15) is 42.8 Å². The standard InChI is InChI=1S/C24H30N4OS2/c1-6-20(23(29)25-22-17(4)9-8-10-18(22)5)31-24-27-26-21(28(24)7-2)15-30-19-13-11-16(3)12-14-19/h8-14,20H,6-7,15H2,1-5H3,(H,25,29). The fourth-order valence-electron chi connectivity index (χ4n) is 3.28. The predicted octanol–water partition coefficient (Wildman–Crippen LogP) is 6.02. The van der Waals surface area contributed by atoms with Crippen LogP contribution in [0.15, 0.2) is 52.5 Å². The Hall–Kier alpha value is -2.25. The lowest BCUT2D eigenvalue weighted by molar-refractivity contribution is -0.115. The number of para-hydroxylation sites is 1. The van der Waals surface area contributed by atoms with Gasteiger partial charge in [-0.3, -0.25) is 4.79 Å². The first kappa shape index (κ1) is 23.4. The topological polar surface area (TPSA) is 59.8 Å². The summed E-state index contributed by atoms with van der Waals surface area (Å²) in [6.45, 7) is 11.0. The maximum Gasteiger partial charge on any atom is 0.237 e. The van der Waals surface area contributed by atoms with Gasteiger partial charge in [-0.05, 0) is 57.4 Å². The zero-order valence-corrected chi connectivity index (χ0v) is 20.4. The number of carbonyl (C=O) groups is 1. The number of hydrogen-bond acceptors (Lipinski definition) is 5. The molecule has 0 aliphatic rings. The Labute approximate surface area is 193 Å². The summed E-state index contributed by atoms with van der Waals surface area (Å²) >= 11 is 3.24. The van der Waals surface area contributed by atoms with Crippen LogP contribution in [-0.4, -0.2) is 25.9 Å². The van der Waals surface area contributed by atoms with Gasteiger partial charge in [-0.15, -0.1) is 22.0 Å². The highest BCUT2D eigenvalue weighted by atomic mass is 32.2. The number of thioether (sulfide) groups is 2. The smallest absolute Gasteiger partial charge is 0.237 e. The van der Waals surface area contributed by atoms with Gasteiger partial charge >= 0.3 is 0 Å². The summed E-state index contributed by atoms with van der Waals surface area (Å²) in [6, 6.07) is 14.5. The van der Waals surface area contributed by atoms with Gasteiger partial charge in [0.15, 0.2) is 5.16 Å². The van der Waals surface area contributed by atoms with E-state index in [0.29, 0.717) is 6.42 Å². The third kappa shape index (κ3) is 5.92. The van der Waals surface area contributed by atoms with Crippen molar-refractivity contribution in [1.82, 2.24) is 14.8 Å². The highest BCUT2D eigenvalue weighted by molar-refractivity contribution is 8.00. The molecular formula is C24H30N4OS2. The second-order valence-electron chi connectivity index (χ2n) is 7.52. The molecule has 0 saturated heterocycles. The minimum absolute atomic E-state index is 0.00568. The predicted molar refractivity (Wildman–Crippen MR) is 131 cm³/mol. The van der Waals surface area contributed by atoms with Gasteiger partial charge in [-0.2, -0.15) is 0 Å². The van der Waals surface area contributed by atoms with E-state index in [1.807, 2.05) is 39.0 Å². The first-order valence-corrected chi connectivity index (χ1v) is 12.4. The zero-order valence-electron chi connectivity index (χ0n) is 18.8. The van der Waals surface area contributed by atoms with Crippen molar-refractivity contribution in [2.24, 2.45) is 0 Å². The van der Waals surface area contributed by atoms with Gasteiger partial charge < -0.3 is 9.88 Å². The van der Waals surface area contributed by atoms with Crippen LogP contribution in [-0.2, 0) is 17.1 Å². The van der Waals surface area contributed by atoms with Gasteiger partial charge in [0, 0.05) is 17.1 Å². The van der Waals surface area contributed by atoms with Crippen molar-refractivity contribution < 1.29 is 4.79 Å². The average molecular weight is 455 g/mol. The van der Waals surface area contributed by atoms with E-state index >= 15 is 0 Å². The molecule has 1 amide bonds. The molecule has 0 bridgehead atoms. The molecule has 0 aliphatic heterocycles. The summed E-state index contributed by atoms with van der Waals surface area (Å²) in [4.78, 5) is 14.2. The molecule has 2 aromatic carbocycles. The monoisotopic (exact) mass is 454 g/mol. The van der Waals surface area contributed by atoms with E-state index in [2.05, 4.69) is 58.2 Å². The van der Waals surface area contributed by atoms with Crippen molar-refractivity contribution in [3.8, 4) is 0 Å². The first-order valence-electron chi connectivity index (χ1n) is 10.6. The highest BCUT2D eigenvalue weighted by Crippen LogP contribution is 2.29. The number of carbonyl (C=O) groups excluding carboxylic acids is 1. The van der Waals surface area contributed by atoms with Crippen LogP contribution in [0.4, 0.5) is 5.69 Å². The molecule has 1 heterocycles. The number of aryl methyl sites for hydroxylation is 3. The van der Waals surface area contributed by atoms with Gasteiger partial charge in [0.25, 0.3) is 0 Å². The largest absolute Gasteiger partial charge is 0.325 e. The van der Waals surface area contributed by atoms with Crippen molar-refractivity contribution in [2.75, 3.05) is 5.32 Å². The fourth-order valence-corrected chi connectivity index (χ4v) is 5.15. The number of benzene rings is 2. The van der Waals surface area contributed by atoms with Crippen LogP contribution in [0, 0.1) is 20.8 Å². The lowest BCUT2D eigenvalue weighted by atomic mass is 10.1. The molecule has 0 spiro atoms. The van der Waals surface area contributed by atoms with Gasteiger partial charge in [-0.1, -0.05) is 54.6 Å². The van der Waals surface area contributed by atoms with E-state index in [0.717, 1.165) is 40.1 Å². The van der Waals surface area contributed by atoms with Crippen molar-refractivity contribution in [1.29, 1.82) is 0 Å². The van der Waals surface area contributed by atoms with Crippen LogP contribution in [0.5, 0.6) is 0 Å². The van der Waals surface area contributed by atoms with E-state index < -0.39 is 0 Å². The number of nitrogens with one attached hydrogen (secondary N) is 1. The minimum atomic E-state index is -0.230. The van der Waals surface area contributed by atoms with Crippen molar-refractivity contribution in [3.63, 3.8) is 0 Å². The molecule has 7 heteroatoms. The minimum Gasteiger partial charge on any atom is -0.325 e. The highest BCUT2D eigenvalue weighted by Gasteiger charge is 2.23. The van der Waals surface area contributed by atoms with E-state index in [1.165, 1.54) is 22.2 Å². The molecule has 164 valence electrons. The van der Waals surface area contributed by atoms with Crippen LogP contribution in [0.2, 0.25) is 0 Å². The van der Waals surface area contributed by atoms with Crippen molar-refractivity contribution in [3.05, 3.63) is 65.0 Å². The Morgan fingerprint density at radius 3 is 2.32 bits per heavy atom. The Bertz CT molecular complexity index is 1010. The molecule has 1 N–H and O–H groups in total. The van der Waals surface area contributed by atoms with Gasteiger partial charge in [-0.25, -0.2) is 0 Å². The Kier molecular flexibility index (Phi) is 8.21. The van der Waals surface area contributed by atoms with Gasteiger partial charge in [0.05, 0.1) is 11.0 Å². The summed E-state index contributed by atoms with van der Waals surface area (Å²) < 4.78 is 2.11. The maximum absolute atomic E-state index is 13.0. The molecule has 1 atom stereocenters. The molecule has 5 nitrogen and oxygen atoms in total. The molecule has 3 rings (SSSR count). The molecule has 1 unspecified atom stereocenters. The Balaban J connectivity index is 1.70. The van der Waals surface area contributed by atoms with Crippen molar-refractivity contribution in [2.45, 2.75) is 68.6 Å². The molecule has 0 saturated carbocycles. The molecule has 0 radical (unpaired) electrons. The molecular weight excluding hydrogens is 424 g/mol. The lowest BCUT2D eigenvalue weighted by Gasteiger charge is -2.17. The molecule has 3 aromatic rings. The maximum atomic E-state index is 13.0. The number of amides is 1. The van der Waals surface area contributed by atoms with Crippen LogP contribution in [0.25, 0.3) is 0 Å². The van der Waals surface area contributed by atoms with Crippen LogP contribution in [0.3, 0.4) is 0 Å². The van der Waals surface area contributed by atoms with Gasteiger partial charge in [0.2, 0.25) is 5.91 Å². The SMILES string of the molecule is CCC(Sc1nnc(CSc2ccc(C)cc2)n1CC)C(=O)Nc1c(C)cccc1C.